The number of fused-ring (bicyclic) bond motifs is 1. The van der Waals surface area contributed by atoms with Crippen LogP contribution in [0.4, 0.5) is 10.3 Å². The van der Waals surface area contributed by atoms with Crippen molar-refractivity contribution in [1.82, 2.24) is 14.5 Å². The minimum absolute atomic E-state index is 0.234. The molecule has 1 aliphatic rings. The van der Waals surface area contributed by atoms with E-state index in [9.17, 15) is 9.50 Å². The van der Waals surface area contributed by atoms with Crippen LogP contribution < -0.4 is 14.8 Å². The molecule has 0 bridgehead atoms. The third kappa shape index (κ3) is 6.39. The number of β-amino-alcohol motifs (C(OH)–C–C–N with tert-alkyl or cyclic N) is 1. The van der Waals surface area contributed by atoms with Crippen molar-refractivity contribution < 1.29 is 19.0 Å². The Bertz CT molecular complexity index is 1290. The molecule has 1 unspecified atom stereocenters. The first-order valence-electron chi connectivity index (χ1n) is 12.7. The molecule has 0 radical (unpaired) electrons. The lowest BCUT2D eigenvalue weighted by Gasteiger charge is -2.33. The van der Waals surface area contributed by atoms with Crippen molar-refractivity contribution in [1.29, 1.82) is 0 Å². The maximum Gasteiger partial charge on any atom is 0.204 e. The van der Waals surface area contributed by atoms with Crippen LogP contribution in [0, 0.1) is 5.82 Å². The Hall–Kier alpha value is -3.62. The molecule has 0 amide bonds. The lowest BCUT2D eigenvalue weighted by Crippen LogP contribution is -2.43. The van der Waals surface area contributed by atoms with E-state index in [-0.39, 0.29) is 18.5 Å². The van der Waals surface area contributed by atoms with Gasteiger partial charge in [0.05, 0.1) is 24.7 Å². The molecule has 0 saturated carbocycles. The summed E-state index contributed by atoms with van der Waals surface area (Å²) in [5.41, 5.74) is 3.00. The van der Waals surface area contributed by atoms with Crippen LogP contribution in [0.3, 0.4) is 0 Å². The Morgan fingerprint density at radius 1 is 1.00 bits per heavy atom. The predicted molar refractivity (Wildman–Crippen MR) is 143 cm³/mol. The molecule has 2 N–H and O–H groups in total. The summed E-state index contributed by atoms with van der Waals surface area (Å²) < 4.78 is 26.5. The number of aromatic nitrogens is 2. The second-order valence-electron chi connectivity index (χ2n) is 9.50. The molecule has 0 aliphatic carbocycles. The average molecular weight is 505 g/mol. The van der Waals surface area contributed by atoms with Crippen LogP contribution in [0.15, 0.2) is 72.8 Å². The van der Waals surface area contributed by atoms with Gasteiger partial charge < -0.3 is 29.4 Å². The minimum Gasteiger partial charge on any atom is -0.497 e. The highest BCUT2D eigenvalue weighted by Crippen LogP contribution is 2.24. The summed E-state index contributed by atoms with van der Waals surface area (Å²) in [5.74, 6) is 2.08. The summed E-state index contributed by atoms with van der Waals surface area (Å²) in [6.45, 7) is 3.21. The number of aliphatic hydroxyl groups is 1. The summed E-state index contributed by atoms with van der Waals surface area (Å²) in [4.78, 5) is 7.13. The van der Waals surface area contributed by atoms with E-state index in [0.717, 1.165) is 54.2 Å². The summed E-state index contributed by atoms with van der Waals surface area (Å²) in [5, 5.41) is 14.1. The molecule has 3 aromatic carbocycles. The Kier molecular flexibility index (Phi) is 7.87. The maximum atomic E-state index is 13.4. The highest BCUT2D eigenvalue weighted by atomic mass is 19.1. The van der Waals surface area contributed by atoms with Crippen LogP contribution >= 0.6 is 0 Å². The second kappa shape index (κ2) is 11.6. The lowest BCUT2D eigenvalue weighted by atomic mass is 10.0. The fraction of sp³-hybridized carbons (Fsp3) is 0.345. The quantitative estimate of drug-likeness (QED) is 0.330. The molecule has 1 fully saturated rings. The van der Waals surface area contributed by atoms with Crippen molar-refractivity contribution in [2.24, 2.45) is 0 Å². The molecule has 1 aromatic heterocycles. The van der Waals surface area contributed by atoms with Crippen LogP contribution in [-0.4, -0.2) is 65.1 Å². The van der Waals surface area contributed by atoms with Crippen molar-refractivity contribution in [3.8, 4) is 11.5 Å². The number of piperidine rings is 1. The molecule has 37 heavy (non-hydrogen) atoms. The first-order valence-corrected chi connectivity index (χ1v) is 12.7. The molecule has 1 aliphatic heterocycles. The smallest absolute Gasteiger partial charge is 0.204 e. The zero-order chi connectivity index (χ0) is 25.6. The Morgan fingerprint density at radius 2 is 1.70 bits per heavy atom. The molecule has 4 aromatic rings. The zero-order valence-corrected chi connectivity index (χ0v) is 21.0. The van der Waals surface area contributed by atoms with Crippen molar-refractivity contribution >= 4 is 17.0 Å². The number of imidazole rings is 1. The van der Waals surface area contributed by atoms with E-state index in [1.54, 1.807) is 7.11 Å². The number of nitrogens with zero attached hydrogens (tertiary/aromatic N) is 3. The highest BCUT2D eigenvalue weighted by Gasteiger charge is 2.23. The van der Waals surface area contributed by atoms with Gasteiger partial charge in [0, 0.05) is 25.7 Å². The number of ether oxygens (including phenoxy) is 2. The number of anilines is 1. The molecule has 0 spiro atoms. The Labute approximate surface area is 216 Å². The van der Waals surface area contributed by atoms with Gasteiger partial charge in [-0.15, -0.1) is 0 Å². The van der Waals surface area contributed by atoms with Gasteiger partial charge in [0.15, 0.2) is 0 Å². The summed E-state index contributed by atoms with van der Waals surface area (Å²) >= 11 is 0. The number of para-hydroxylation sites is 2. The molecule has 5 rings (SSSR count). The molecule has 1 saturated heterocycles. The first kappa shape index (κ1) is 25.0. The number of likely N-dealkylation sites (tertiary alicyclic amines) is 1. The van der Waals surface area contributed by atoms with E-state index in [2.05, 4.69) is 20.9 Å². The fourth-order valence-corrected chi connectivity index (χ4v) is 4.78. The third-order valence-corrected chi connectivity index (χ3v) is 6.80. The Balaban J connectivity index is 1.15. The maximum absolute atomic E-state index is 13.4. The third-order valence-electron chi connectivity index (χ3n) is 6.80. The summed E-state index contributed by atoms with van der Waals surface area (Å²) in [7, 11) is 1.63. The normalized spacial score (nSPS) is 15.5. The fourth-order valence-electron chi connectivity index (χ4n) is 4.78. The standard InChI is InChI=1S/C29H33FN4O3/c1-36-25-10-12-26(13-11-25)37-20-24(35)19-33-16-14-23(15-17-33)31-29-32-27-4-2-3-5-28(27)34(29)18-21-6-8-22(30)9-7-21/h2-13,23-24,35H,14-20H2,1H3,(H,31,32). The molecule has 2 heterocycles. The molecular formula is C29H33FN4O3. The summed E-state index contributed by atoms with van der Waals surface area (Å²) in [6, 6.07) is 22.3. The number of aliphatic hydroxyl groups excluding tert-OH is 1. The van der Waals surface area contributed by atoms with Gasteiger partial charge in [-0.3, -0.25) is 0 Å². The molecule has 1 atom stereocenters. The van der Waals surface area contributed by atoms with Gasteiger partial charge in [0.2, 0.25) is 5.95 Å². The molecule has 7 nitrogen and oxygen atoms in total. The molecular weight excluding hydrogens is 471 g/mol. The van der Waals surface area contributed by atoms with Crippen LogP contribution in [0.2, 0.25) is 0 Å². The zero-order valence-electron chi connectivity index (χ0n) is 21.0. The van der Waals surface area contributed by atoms with Crippen LogP contribution in [0.1, 0.15) is 18.4 Å². The van der Waals surface area contributed by atoms with Gasteiger partial charge in [-0.1, -0.05) is 24.3 Å². The van der Waals surface area contributed by atoms with E-state index in [1.165, 1.54) is 12.1 Å². The van der Waals surface area contributed by atoms with Gasteiger partial charge in [-0.2, -0.15) is 0 Å². The van der Waals surface area contributed by atoms with Crippen LogP contribution in [0.5, 0.6) is 11.5 Å². The number of nitrogens with one attached hydrogen (secondary N) is 1. The van der Waals surface area contributed by atoms with Crippen molar-refractivity contribution in [2.75, 3.05) is 38.7 Å². The van der Waals surface area contributed by atoms with Gasteiger partial charge in [0.1, 0.15) is 30.0 Å². The largest absolute Gasteiger partial charge is 0.497 e. The molecule has 194 valence electrons. The number of hydrogen-bond donors (Lipinski definition) is 2. The van der Waals surface area contributed by atoms with E-state index < -0.39 is 6.10 Å². The van der Waals surface area contributed by atoms with E-state index in [0.29, 0.717) is 18.8 Å². The monoisotopic (exact) mass is 504 g/mol. The first-order chi connectivity index (χ1) is 18.1. The van der Waals surface area contributed by atoms with Gasteiger partial charge in [-0.05, 0) is 66.9 Å². The van der Waals surface area contributed by atoms with E-state index >= 15 is 0 Å². The van der Waals surface area contributed by atoms with Crippen LogP contribution in [0.25, 0.3) is 11.0 Å². The van der Waals surface area contributed by atoms with Gasteiger partial charge in [0.25, 0.3) is 0 Å². The summed E-state index contributed by atoms with van der Waals surface area (Å²) in [6.07, 6.45) is 1.34. The highest BCUT2D eigenvalue weighted by molar-refractivity contribution is 5.78. The number of methoxy groups -OCH3 is 1. The van der Waals surface area contributed by atoms with Crippen molar-refractivity contribution in [2.45, 2.75) is 31.5 Å². The topological polar surface area (TPSA) is 71.8 Å². The average Bonchev–Trinajstić information content (AvgIpc) is 3.26. The van der Waals surface area contributed by atoms with Crippen LogP contribution in [-0.2, 0) is 6.54 Å². The number of benzene rings is 3. The van der Waals surface area contributed by atoms with Crippen molar-refractivity contribution in [3.05, 3.63) is 84.2 Å². The van der Waals surface area contributed by atoms with E-state index in [4.69, 9.17) is 14.5 Å². The minimum atomic E-state index is -0.563. The van der Waals surface area contributed by atoms with Gasteiger partial charge >= 0.3 is 0 Å². The second-order valence-corrected chi connectivity index (χ2v) is 9.50. The van der Waals surface area contributed by atoms with Gasteiger partial charge in [-0.25, -0.2) is 9.37 Å². The number of halogens is 1. The lowest BCUT2D eigenvalue weighted by molar-refractivity contribution is 0.0604. The Morgan fingerprint density at radius 3 is 2.43 bits per heavy atom. The molecule has 8 heteroatoms. The SMILES string of the molecule is COc1ccc(OCC(O)CN2CCC(Nc3nc4ccccc4n3Cc3ccc(F)cc3)CC2)cc1. The predicted octanol–water partition coefficient (Wildman–Crippen LogP) is 4.55. The number of hydrogen-bond acceptors (Lipinski definition) is 6. The van der Waals surface area contributed by atoms with E-state index in [1.807, 2.05) is 54.6 Å². The van der Waals surface area contributed by atoms with Crippen molar-refractivity contribution in [3.63, 3.8) is 0 Å². The number of rotatable bonds is 10.